The van der Waals surface area contributed by atoms with Crippen molar-refractivity contribution >= 4 is 22.9 Å². The summed E-state index contributed by atoms with van der Waals surface area (Å²) in [6.45, 7) is 3.54. The van der Waals surface area contributed by atoms with Gasteiger partial charge in [-0.25, -0.2) is 14.8 Å². The van der Waals surface area contributed by atoms with E-state index in [1.807, 2.05) is 29.1 Å². The van der Waals surface area contributed by atoms with Gasteiger partial charge in [0.2, 0.25) is 0 Å². The molecule has 0 saturated carbocycles. The number of H-pyrrole nitrogens is 1. The zero-order valence-corrected chi connectivity index (χ0v) is 13.4. The van der Waals surface area contributed by atoms with Gasteiger partial charge in [-0.3, -0.25) is 0 Å². The van der Waals surface area contributed by atoms with Crippen LogP contribution in [0.15, 0.2) is 18.6 Å². The van der Waals surface area contributed by atoms with Crippen molar-refractivity contribution in [1.82, 2.24) is 24.8 Å². The first-order valence-corrected chi connectivity index (χ1v) is 8.29. The Balaban J connectivity index is 0.00000169. The fraction of sp³-hybridized carbons (Fsp3) is 0.588. The van der Waals surface area contributed by atoms with Gasteiger partial charge in [-0.05, 0) is 25.3 Å². The van der Waals surface area contributed by atoms with Crippen LogP contribution < -0.4 is 4.90 Å². The highest BCUT2D eigenvalue weighted by Gasteiger charge is 2.32. The van der Waals surface area contributed by atoms with Crippen LogP contribution in [0.2, 0.25) is 0 Å². The Morgan fingerprint density at radius 2 is 2.08 bits per heavy atom. The van der Waals surface area contributed by atoms with Crippen molar-refractivity contribution < 1.29 is 4.79 Å². The number of amides is 2. The monoisotopic (exact) mass is 330 g/mol. The van der Waals surface area contributed by atoms with Crippen molar-refractivity contribution in [2.75, 3.05) is 38.1 Å². The molecule has 1 N–H and O–H groups in total. The van der Waals surface area contributed by atoms with Crippen LogP contribution in [0.25, 0.3) is 11.0 Å². The molecule has 2 aliphatic rings. The summed E-state index contributed by atoms with van der Waals surface area (Å²) < 4.78 is 0. The third-order valence-corrected chi connectivity index (χ3v) is 5.02. The number of rotatable bonds is 2. The zero-order chi connectivity index (χ0) is 15.8. The number of urea groups is 1. The second kappa shape index (κ2) is 6.67. The summed E-state index contributed by atoms with van der Waals surface area (Å²) in [6, 6.07) is 2.42. The normalized spacial score (nSPS) is 20.5. The number of fused-ring (bicyclic) bond motifs is 1. The van der Waals surface area contributed by atoms with Crippen LogP contribution in [-0.2, 0) is 0 Å². The Morgan fingerprint density at radius 3 is 2.88 bits per heavy atom. The van der Waals surface area contributed by atoms with E-state index in [9.17, 15) is 4.79 Å². The number of likely N-dealkylation sites (tertiary alicyclic amines) is 1. The second-order valence-corrected chi connectivity index (χ2v) is 6.41. The van der Waals surface area contributed by atoms with Crippen molar-refractivity contribution in [1.29, 1.82) is 0 Å². The van der Waals surface area contributed by atoms with Gasteiger partial charge in [0.1, 0.15) is 17.8 Å². The number of carbonyl (C=O) groups excluding carboxylic acids is 1. The molecule has 2 saturated heterocycles. The Morgan fingerprint density at radius 1 is 1.29 bits per heavy atom. The molecule has 2 fully saturated rings. The van der Waals surface area contributed by atoms with E-state index < -0.39 is 0 Å². The summed E-state index contributed by atoms with van der Waals surface area (Å²) >= 11 is 0. The van der Waals surface area contributed by atoms with E-state index in [0.29, 0.717) is 0 Å². The third kappa shape index (κ3) is 2.79. The molecule has 7 heteroatoms. The van der Waals surface area contributed by atoms with E-state index in [-0.39, 0.29) is 19.5 Å². The Hall–Kier alpha value is -2.31. The first kappa shape index (κ1) is 16.5. The number of aromatic amines is 1. The van der Waals surface area contributed by atoms with Crippen LogP contribution in [0.5, 0.6) is 0 Å². The topological polar surface area (TPSA) is 68.4 Å². The van der Waals surface area contributed by atoms with Crippen LogP contribution >= 0.6 is 0 Å². The summed E-state index contributed by atoms with van der Waals surface area (Å²) in [7, 11) is 1.93. The largest absolute Gasteiger partial charge is 0.354 e. The number of hydrogen-bond acceptors (Lipinski definition) is 4. The minimum absolute atomic E-state index is 0. The molecule has 2 aromatic rings. The molecule has 2 amide bonds. The van der Waals surface area contributed by atoms with Gasteiger partial charge < -0.3 is 19.7 Å². The lowest BCUT2D eigenvalue weighted by molar-refractivity contribution is 0.159. The molecule has 0 radical (unpaired) electrons. The van der Waals surface area contributed by atoms with Crippen LogP contribution in [0, 0.1) is 0 Å². The molecule has 24 heavy (non-hydrogen) atoms. The standard InChI is InChI=1S/C16H22N6O.CH4/c1-20(16(23)21-7-2-3-8-21)12-5-9-22(10-12)15-13-4-6-17-14(13)18-11-19-15;/h4,6,11-12H,2-3,5,7-10H2,1H3,(H,17,18,19);1H4/t12-;/m1./s1. The number of anilines is 1. The number of nitrogens with zero attached hydrogens (tertiary/aromatic N) is 5. The molecule has 4 rings (SSSR count). The highest BCUT2D eigenvalue weighted by molar-refractivity contribution is 5.87. The number of aromatic nitrogens is 3. The molecular weight excluding hydrogens is 304 g/mol. The molecule has 0 bridgehead atoms. The Kier molecular flexibility index (Phi) is 4.59. The van der Waals surface area contributed by atoms with Gasteiger partial charge in [-0.1, -0.05) is 7.43 Å². The summed E-state index contributed by atoms with van der Waals surface area (Å²) in [5.74, 6) is 0.959. The lowest BCUT2D eigenvalue weighted by Crippen LogP contribution is -2.46. The molecule has 7 nitrogen and oxygen atoms in total. The minimum atomic E-state index is 0. The van der Waals surface area contributed by atoms with Crippen molar-refractivity contribution in [3.05, 3.63) is 18.6 Å². The summed E-state index contributed by atoms with van der Waals surface area (Å²) in [5, 5.41) is 1.04. The maximum Gasteiger partial charge on any atom is 0.320 e. The molecule has 0 spiro atoms. The second-order valence-electron chi connectivity index (χ2n) is 6.41. The quantitative estimate of drug-likeness (QED) is 0.917. The van der Waals surface area contributed by atoms with Gasteiger partial charge in [0.05, 0.1) is 11.4 Å². The molecular formula is C17H26N6O. The van der Waals surface area contributed by atoms with Crippen LogP contribution in [0.1, 0.15) is 26.7 Å². The predicted octanol–water partition coefficient (Wildman–Crippen LogP) is 2.32. The molecule has 1 atom stereocenters. The average molecular weight is 330 g/mol. The van der Waals surface area contributed by atoms with Crippen LogP contribution in [0.3, 0.4) is 0 Å². The first-order chi connectivity index (χ1) is 11.2. The zero-order valence-electron chi connectivity index (χ0n) is 13.4. The van der Waals surface area contributed by atoms with E-state index in [2.05, 4.69) is 19.9 Å². The molecule has 2 aromatic heterocycles. The van der Waals surface area contributed by atoms with Crippen molar-refractivity contribution in [2.24, 2.45) is 0 Å². The highest BCUT2D eigenvalue weighted by atomic mass is 16.2. The summed E-state index contributed by atoms with van der Waals surface area (Å²) in [5.41, 5.74) is 0.861. The lowest BCUT2D eigenvalue weighted by Gasteiger charge is -2.29. The molecule has 0 unspecified atom stereocenters. The van der Waals surface area contributed by atoms with E-state index in [0.717, 1.165) is 62.3 Å². The first-order valence-electron chi connectivity index (χ1n) is 8.29. The third-order valence-electron chi connectivity index (χ3n) is 5.02. The maximum absolute atomic E-state index is 12.5. The summed E-state index contributed by atoms with van der Waals surface area (Å²) in [6.07, 6.45) is 6.72. The fourth-order valence-electron chi connectivity index (χ4n) is 3.65. The van der Waals surface area contributed by atoms with Crippen LogP contribution in [0.4, 0.5) is 10.6 Å². The molecule has 0 aromatic carbocycles. The van der Waals surface area contributed by atoms with E-state index >= 15 is 0 Å². The van der Waals surface area contributed by atoms with E-state index in [4.69, 9.17) is 0 Å². The maximum atomic E-state index is 12.5. The fourth-order valence-corrected chi connectivity index (χ4v) is 3.65. The van der Waals surface area contributed by atoms with Gasteiger partial charge in [0, 0.05) is 39.4 Å². The SMILES string of the molecule is C.CN(C(=O)N1CCCC1)[C@@H]1CCN(c2ncnc3[nH]ccc23)C1. The molecule has 4 heterocycles. The van der Waals surface area contributed by atoms with Gasteiger partial charge in [0.15, 0.2) is 0 Å². The molecule has 0 aliphatic carbocycles. The molecule has 2 aliphatic heterocycles. The van der Waals surface area contributed by atoms with Gasteiger partial charge in [0.25, 0.3) is 0 Å². The van der Waals surface area contributed by atoms with Crippen molar-refractivity contribution in [3.63, 3.8) is 0 Å². The average Bonchev–Trinajstić information content (AvgIpc) is 3.33. The lowest BCUT2D eigenvalue weighted by atomic mass is 10.2. The van der Waals surface area contributed by atoms with Gasteiger partial charge in [-0.2, -0.15) is 0 Å². The van der Waals surface area contributed by atoms with Crippen molar-refractivity contribution in [3.8, 4) is 0 Å². The smallest absolute Gasteiger partial charge is 0.320 e. The number of hydrogen-bond donors (Lipinski definition) is 1. The Bertz CT molecular complexity index is 708. The van der Waals surface area contributed by atoms with Crippen LogP contribution in [-0.4, -0.2) is 70.1 Å². The minimum Gasteiger partial charge on any atom is -0.354 e. The summed E-state index contributed by atoms with van der Waals surface area (Å²) in [4.78, 5) is 30.5. The van der Waals surface area contributed by atoms with Crippen molar-refractivity contribution in [2.45, 2.75) is 32.7 Å². The number of likely N-dealkylation sites (N-methyl/N-ethyl adjacent to an activating group) is 1. The Labute approximate surface area is 142 Å². The highest BCUT2D eigenvalue weighted by Crippen LogP contribution is 2.27. The molecule has 130 valence electrons. The van der Waals surface area contributed by atoms with Gasteiger partial charge >= 0.3 is 6.03 Å². The predicted molar refractivity (Wildman–Crippen MR) is 95.2 cm³/mol. The van der Waals surface area contributed by atoms with E-state index in [1.165, 1.54) is 0 Å². The van der Waals surface area contributed by atoms with E-state index in [1.54, 1.807) is 6.33 Å². The number of carbonyl (C=O) groups is 1. The number of nitrogens with one attached hydrogen (secondary N) is 1. The van der Waals surface area contributed by atoms with Gasteiger partial charge in [-0.15, -0.1) is 0 Å².